The summed E-state index contributed by atoms with van der Waals surface area (Å²) in [5.74, 6) is -3.41. The van der Waals surface area contributed by atoms with E-state index in [-0.39, 0.29) is 13.1 Å². The molecule has 1 aliphatic heterocycles. The summed E-state index contributed by atoms with van der Waals surface area (Å²) < 4.78 is 49.2. The molecule has 18 heavy (non-hydrogen) atoms. The Kier molecular flexibility index (Phi) is 3.65. The lowest BCUT2D eigenvalue weighted by atomic mass is 9.94. The first-order valence-electron chi connectivity index (χ1n) is 5.55. The molecule has 1 unspecified atom stereocenters. The zero-order valence-electron chi connectivity index (χ0n) is 9.59. The summed E-state index contributed by atoms with van der Waals surface area (Å²) in [6.45, 7) is 0.0362. The third-order valence-electron chi connectivity index (χ3n) is 3.14. The Morgan fingerprint density at radius 3 is 2.67 bits per heavy atom. The highest BCUT2D eigenvalue weighted by atomic mass is 32.2. The van der Waals surface area contributed by atoms with E-state index in [1.807, 2.05) is 12.1 Å². The Labute approximate surface area is 104 Å². The molecule has 1 aromatic carbocycles. The summed E-state index contributed by atoms with van der Waals surface area (Å²) in [5.41, 5.74) is 7.24. The SMILES string of the molecule is NCC1c2ccccc2CCN1S(=O)(=O)C(F)F. The average Bonchev–Trinajstić information content (AvgIpc) is 2.36. The number of hydrogen-bond donors (Lipinski definition) is 1. The third-order valence-corrected chi connectivity index (χ3v) is 4.68. The minimum Gasteiger partial charge on any atom is -0.329 e. The molecule has 0 aromatic heterocycles. The predicted molar refractivity (Wildman–Crippen MR) is 63.6 cm³/mol. The van der Waals surface area contributed by atoms with Crippen LogP contribution in [0.3, 0.4) is 0 Å². The number of benzene rings is 1. The van der Waals surface area contributed by atoms with Gasteiger partial charge in [-0.05, 0) is 17.5 Å². The zero-order valence-corrected chi connectivity index (χ0v) is 10.4. The maximum atomic E-state index is 12.6. The number of alkyl halides is 2. The molecule has 0 saturated carbocycles. The Morgan fingerprint density at radius 2 is 2.06 bits per heavy atom. The highest BCUT2D eigenvalue weighted by Gasteiger charge is 2.39. The van der Waals surface area contributed by atoms with Gasteiger partial charge in [-0.3, -0.25) is 0 Å². The molecule has 7 heteroatoms. The normalized spacial score (nSPS) is 21.0. The molecular weight excluding hydrogens is 262 g/mol. The average molecular weight is 276 g/mol. The van der Waals surface area contributed by atoms with Gasteiger partial charge in [-0.2, -0.15) is 13.1 Å². The highest BCUT2D eigenvalue weighted by Crippen LogP contribution is 2.32. The second-order valence-corrected chi connectivity index (χ2v) is 5.97. The van der Waals surface area contributed by atoms with E-state index in [0.29, 0.717) is 6.42 Å². The van der Waals surface area contributed by atoms with Gasteiger partial charge in [0.2, 0.25) is 0 Å². The fraction of sp³-hybridized carbons (Fsp3) is 0.455. The van der Waals surface area contributed by atoms with Crippen molar-refractivity contribution in [3.63, 3.8) is 0 Å². The first kappa shape index (κ1) is 13.4. The third kappa shape index (κ3) is 2.13. The van der Waals surface area contributed by atoms with Crippen molar-refractivity contribution in [1.82, 2.24) is 4.31 Å². The summed E-state index contributed by atoms with van der Waals surface area (Å²) in [6, 6.07) is 6.49. The van der Waals surface area contributed by atoms with E-state index >= 15 is 0 Å². The van der Waals surface area contributed by atoms with Gasteiger partial charge >= 0.3 is 5.76 Å². The number of halogens is 2. The second kappa shape index (κ2) is 4.91. The number of sulfonamides is 1. The second-order valence-electron chi connectivity index (χ2n) is 4.12. The van der Waals surface area contributed by atoms with Crippen molar-refractivity contribution in [2.75, 3.05) is 13.1 Å². The fourth-order valence-corrected chi connectivity index (χ4v) is 3.38. The Hall–Kier alpha value is -1.05. The van der Waals surface area contributed by atoms with Gasteiger partial charge in [0.05, 0.1) is 6.04 Å². The molecule has 100 valence electrons. The summed E-state index contributed by atoms with van der Waals surface area (Å²) in [7, 11) is -4.58. The van der Waals surface area contributed by atoms with Crippen molar-refractivity contribution in [3.8, 4) is 0 Å². The van der Waals surface area contributed by atoms with Gasteiger partial charge in [0, 0.05) is 13.1 Å². The van der Waals surface area contributed by atoms with Crippen LogP contribution in [0.4, 0.5) is 8.78 Å². The van der Waals surface area contributed by atoms with Gasteiger partial charge in [-0.1, -0.05) is 24.3 Å². The van der Waals surface area contributed by atoms with E-state index in [0.717, 1.165) is 15.4 Å². The predicted octanol–water partition coefficient (Wildman–Crippen LogP) is 1.10. The minimum absolute atomic E-state index is 0.0109. The number of rotatable bonds is 3. The van der Waals surface area contributed by atoms with E-state index in [9.17, 15) is 17.2 Å². The van der Waals surface area contributed by atoms with Crippen molar-refractivity contribution < 1.29 is 17.2 Å². The van der Waals surface area contributed by atoms with Crippen LogP contribution in [-0.4, -0.2) is 31.6 Å². The van der Waals surface area contributed by atoms with Crippen LogP contribution in [0, 0.1) is 0 Å². The van der Waals surface area contributed by atoms with Gasteiger partial charge in [0.1, 0.15) is 0 Å². The fourth-order valence-electron chi connectivity index (χ4n) is 2.28. The van der Waals surface area contributed by atoms with Gasteiger partial charge < -0.3 is 5.73 Å². The molecule has 0 aliphatic carbocycles. The van der Waals surface area contributed by atoms with Crippen molar-refractivity contribution in [3.05, 3.63) is 35.4 Å². The van der Waals surface area contributed by atoms with Gasteiger partial charge in [-0.15, -0.1) is 0 Å². The molecule has 1 atom stereocenters. The van der Waals surface area contributed by atoms with Crippen molar-refractivity contribution in [2.45, 2.75) is 18.2 Å². The number of fused-ring (bicyclic) bond motifs is 1. The molecular formula is C11H14F2N2O2S. The largest absolute Gasteiger partial charge is 0.350 e. The molecule has 1 aliphatic rings. The first-order valence-corrected chi connectivity index (χ1v) is 7.05. The molecule has 0 radical (unpaired) electrons. The van der Waals surface area contributed by atoms with Crippen LogP contribution >= 0.6 is 0 Å². The van der Waals surface area contributed by atoms with Crippen LogP contribution in [0.25, 0.3) is 0 Å². The van der Waals surface area contributed by atoms with E-state index < -0.39 is 21.8 Å². The lowest BCUT2D eigenvalue weighted by Crippen LogP contribution is -2.45. The Bertz CT molecular complexity index is 534. The van der Waals surface area contributed by atoms with Crippen molar-refractivity contribution >= 4 is 10.0 Å². The maximum absolute atomic E-state index is 12.6. The number of hydrogen-bond acceptors (Lipinski definition) is 3. The van der Waals surface area contributed by atoms with E-state index in [1.165, 1.54) is 0 Å². The molecule has 1 aromatic rings. The first-order chi connectivity index (χ1) is 8.48. The molecule has 0 spiro atoms. The number of nitrogens with zero attached hydrogens (tertiary/aromatic N) is 1. The molecule has 0 bridgehead atoms. The molecule has 0 fully saturated rings. The molecule has 2 N–H and O–H groups in total. The monoisotopic (exact) mass is 276 g/mol. The van der Waals surface area contributed by atoms with Crippen molar-refractivity contribution in [2.24, 2.45) is 5.73 Å². The quantitative estimate of drug-likeness (QED) is 0.899. The van der Waals surface area contributed by atoms with Gasteiger partial charge in [0.25, 0.3) is 10.0 Å². The Balaban J connectivity index is 2.43. The standard InChI is InChI=1S/C11H14F2N2O2S/c12-11(13)18(16,17)15-6-5-8-3-1-2-4-9(8)10(15)7-14/h1-4,10-11H,5-7,14H2. The number of nitrogens with two attached hydrogens (primary N) is 1. The summed E-state index contributed by atoms with van der Waals surface area (Å²) >= 11 is 0. The van der Waals surface area contributed by atoms with Crippen LogP contribution in [-0.2, 0) is 16.4 Å². The topological polar surface area (TPSA) is 63.4 Å². The van der Waals surface area contributed by atoms with E-state index in [4.69, 9.17) is 5.73 Å². The molecule has 0 amide bonds. The molecule has 4 nitrogen and oxygen atoms in total. The summed E-state index contributed by atoms with van der Waals surface area (Å²) in [4.78, 5) is 0. The Morgan fingerprint density at radius 1 is 1.39 bits per heavy atom. The smallest absolute Gasteiger partial charge is 0.329 e. The molecule has 1 heterocycles. The van der Waals surface area contributed by atoms with Crippen molar-refractivity contribution in [1.29, 1.82) is 0 Å². The maximum Gasteiger partial charge on any atom is 0.350 e. The van der Waals surface area contributed by atoms with Crippen LogP contribution in [0.5, 0.6) is 0 Å². The highest BCUT2D eigenvalue weighted by molar-refractivity contribution is 7.89. The van der Waals surface area contributed by atoms with Crippen LogP contribution in [0.15, 0.2) is 24.3 Å². The van der Waals surface area contributed by atoms with Crippen LogP contribution in [0.2, 0.25) is 0 Å². The minimum atomic E-state index is -4.58. The van der Waals surface area contributed by atoms with Crippen LogP contribution in [0.1, 0.15) is 17.2 Å². The summed E-state index contributed by atoms with van der Waals surface area (Å²) in [5, 5.41) is 0. The van der Waals surface area contributed by atoms with Gasteiger partial charge in [-0.25, -0.2) is 8.42 Å². The lowest BCUT2D eigenvalue weighted by molar-refractivity contribution is 0.206. The van der Waals surface area contributed by atoms with E-state index in [1.54, 1.807) is 12.1 Å². The van der Waals surface area contributed by atoms with E-state index in [2.05, 4.69) is 0 Å². The van der Waals surface area contributed by atoms with Gasteiger partial charge in [0.15, 0.2) is 0 Å². The zero-order chi connectivity index (χ0) is 13.3. The molecule has 2 rings (SSSR count). The summed E-state index contributed by atoms with van der Waals surface area (Å²) in [6.07, 6.45) is 0.429. The molecule has 0 saturated heterocycles. The van der Waals surface area contributed by atoms with Crippen LogP contribution < -0.4 is 5.73 Å². The lowest BCUT2D eigenvalue weighted by Gasteiger charge is -2.35.